The van der Waals surface area contributed by atoms with Gasteiger partial charge in [-0.25, -0.2) is 0 Å². The molecule has 0 aliphatic rings. The molecule has 0 amide bonds. The van der Waals surface area contributed by atoms with Crippen molar-refractivity contribution in [3.05, 3.63) is 71.8 Å². The van der Waals surface area contributed by atoms with Gasteiger partial charge in [0.1, 0.15) is 18.1 Å². The van der Waals surface area contributed by atoms with Gasteiger partial charge in [-0.05, 0) is 53.4 Å². The summed E-state index contributed by atoms with van der Waals surface area (Å²) in [5, 5.41) is 2.30. The van der Waals surface area contributed by atoms with Crippen LogP contribution in [0.25, 0.3) is 10.8 Å². The summed E-state index contributed by atoms with van der Waals surface area (Å²) in [5.41, 5.74) is 1.86. The minimum atomic E-state index is 0.0803. The van der Waals surface area contributed by atoms with Gasteiger partial charge >= 0.3 is 0 Å². The fourth-order valence-electron chi connectivity index (χ4n) is 5.92. The van der Waals surface area contributed by atoms with Crippen LogP contribution >= 0.6 is 0 Å². The first-order chi connectivity index (χ1) is 21.6. The highest BCUT2D eigenvalue weighted by molar-refractivity contribution is 5.97. The maximum Gasteiger partial charge on any atom is 0.165 e. The first-order valence-electron chi connectivity index (χ1n) is 18.0. The SMILES string of the molecule is CCCCCCCCCCCCCCCOc1ccc2cc(OCc3ccc(C(=O)[C@H](C)CCCCCC)cc3)ccc2c1. The van der Waals surface area contributed by atoms with Gasteiger partial charge in [-0.3, -0.25) is 4.79 Å². The lowest BCUT2D eigenvalue weighted by molar-refractivity contribution is 0.0922. The van der Waals surface area contributed by atoms with E-state index in [0.717, 1.165) is 59.3 Å². The van der Waals surface area contributed by atoms with Gasteiger partial charge in [-0.2, -0.15) is 0 Å². The van der Waals surface area contributed by atoms with Crippen LogP contribution in [-0.2, 0) is 6.61 Å². The van der Waals surface area contributed by atoms with Gasteiger partial charge in [0.25, 0.3) is 0 Å². The van der Waals surface area contributed by atoms with Crippen molar-refractivity contribution in [2.75, 3.05) is 6.61 Å². The van der Waals surface area contributed by atoms with Crippen LogP contribution in [0.3, 0.4) is 0 Å². The zero-order valence-electron chi connectivity index (χ0n) is 28.2. The largest absolute Gasteiger partial charge is 0.494 e. The van der Waals surface area contributed by atoms with E-state index >= 15 is 0 Å². The number of Topliss-reactive ketones (excluding diaryl/α,β-unsaturated/α-hetero) is 1. The van der Waals surface area contributed by atoms with Gasteiger partial charge in [0.05, 0.1) is 6.61 Å². The summed E-state index contributed by atoms with van der Waals surface area (Å²) in [6.07, 6.45) is 23.5. The number of fused-ring (bicyclic) bond motifs is 1. The van der Waals surface area contributed by atoms with E-state index in [1.54, 1.807) is 0 Å². The van der Waals surface area contributed by atoms with E-state index in [2.05, 4.69) is 51.1 Å². The quantitative estimate of drug-likeness (QED) is 0.0717. The lowest BCUT2D eigenvalue weighted by atomic mass is 9.93. The molecule has 0 fully saturated rings. The molecule has 0 aromatic heterocycles. The third-order valence-electron chi connectivity index (χ3n) is 8.88. The molecule has 1 atom stereocenters. The van der Waals surface area contributed by atoms with Crippen LogP contribution in [0.2, 0.25) is 0 Å². The molecule has 3 nitrogen and oxygen atoms in total. The molecule has 3 aromatic rings. The second-order valence-electron chi connectivity index (χ2n) is 12.9. The molecule has 44 heavy (non-hydrogen) atoms. The van der Waals surface area contributed by atoms with Crippen molar-refractivity contribution in [2.45, 2.75) is 143 Å². The van der Waals surface area contributed by atoms with Crippen LogP contribution in [0, 0.1) is 5.92 Å². The Morgan fingerprint density at radius 1 is 0.568 bits per heavy atom. The standard InChI is InChI=1S/C41H60O3/c1-4-6-8-10-11-12-13-14-15-16-17-18-20-30-43-39-28-26-38-32-40(29-27-37(38)31-39)44-33-35-22-24-36(25-23-35)41(42)34(3)21-19-9-7-5-2/h22-29,31-32,34H,4-21,30,33H2,1-3H3/t34-/m1/s1. The summed E-state index contributed by atoms with van der Waals surface area (Å²) in [6.45, 7) is 7.82. The lowest BCUT2D eigenvalue weighted by Gasteiger charge is -2.12. The molecule has 0 spiro atoms. The highest BCUT2D eigenvalue weighted by Crippen LogP contribution is 2.26. The highest BCUT2D eigenvalue weighted by Gasteiger charge is 2.14. The number of ether oxygens (including phenoxy) is 2. The third kappa shape index (κ3) is 13.9. The fourth-order valence-corrected chi connectivity index (χ4v) is 5.92. The number of carbonyl (C=O) groups excluding carboxylic acids is 1. The molecule has 0 unspecified atom stereocenters. The zero-order valence-corrected chi connectivity index (χ0v) is 28.2. The van der Waals surface area contributed by atoms with E-state index in [0.29, 0.717) is 6.61 Å². The Labute approximate surface area is 269 Å². The van der Waals surface area contributed by atoms with Crippen LogP contribution in [0.4, 0.5) is 0 Å². The van der Waals surface area contributed by atoms with Crippen LogP contribution in [0.15, 0.2) is 60.7 Å². The number of benzene rings is 3. The van der Waals surface area contributed by atoms with Gasteiger partial charge < -0.3 is 9.47 Å². The van der Waals surface area contributed by atoms with Crippen molar-refractivity contribution in [1.29, 1.82) is 0 Å². The third-order valence-corrected chi connectivity index (χ3v) is 8.88. The number of rotatable bonds is 25. The van der Waals surface area contributed by atoms with Crippen LogP contribution in [0.5, 0.6) is 11.5 Å². The van der Waals surface area contributed by atoms with Crippen molar-refractivity contribution >= 4 is 16.6 Å². The van der Waals surface area contributed by atoms with Gasteiger partial charge in [0.15, 0.2) is 5.78 Å². The Balaban J connectivity index is 1.30. The van der Waals surface area contributed by atoms with Gasteiger partial charge in [-0.1, -0.05) is 160 Å². The number of hydrogen-bond acceptors (Lipinski definition) is 3. The molecule has 0 saturated heterocycles. The maximum atomic E-state index is 12.8. The maximum absolute atomic E-state index is 12.8. The van der Waals surface area contributed by atoms with Crippen molar-refractivity contribution in [3.63, 3.8) is 0 Å². The van der Waals surface area contributed by atoms with Crippen LogP contribution < -0.4 is 9.47 Å². The summed E-state index contributed by atoms with van der Waals surface area (Å²) in [6, 6.07) is 20.4. The van der Waals surface area contributed by atoms with Crippen LogP contribution in [-0.4, -0.2) is 12.4 Å². The molecule has 0 N–H and O–H groups in total. The smallest absolute Gasteiger partial charge is 0.165 e. The average molecular weight is 601 g/mol. The first kappa shape index (κ1) is 35.7. The van der Waals surface area contributed by atoms with E-state index in [4.69, 9.17) is 9.47 Å². The molecule has 0 bridgehead atoms. The predicted octanol–water partition coefficient (Wildman–Crippen LogP) is 12.7. The minimum Gasteiger partial charge on any atom is -0.494 e. The first-order valence-corrected chi connectivity index (χ1v) is 18.0. The number of carbonyl (C=O) groups is 1. The lowest BCUT2D eigenvalue weighted by Crippen LogP contribution is -2.11. The average Bonchev–Trinajstić information content (AvgIpc) is 3.05. The molecule has 0 heterocycles. The number of ketones is 1. The Morgan fingerprint density at radius 2 is 1.05 bits per heavy atom. The van der Waals surface area contributed by atoms with Gasteiger partial charge in [-0.15, -0.1) is 0 Å². The molecular formula is C41H60O3. The Kier molecular flexibility index (Phi) is 17.7. The molecule has 0 aliphatic carbocycles. The summed E-state index contributed by atoms with van der Waals surface area (Å²) in [7, 11) is 0. The van der Waals surface area contributed by atoms with Crippen LogP contribution in [0.1, 0.15) is 152 Å². The molecule has 3 aromatic carbocycles. The van der Waals surface area contributed by atoms with E-state index in [1.165, 1.54) is 96.3 Å². The van der Waals surface area contributed by atoms with E-state index < -0.39 is 0 Å². The Bertz CT molecular complexity index is 1180. The van der Waals surface area contributed by atoms with Gasteiger partial charge in [0, 0.05) is 11.5 Å². The summed E-state index contributed by atoms with van der Waals surface area (Å²) in [5.74, 6) is 2.11. The summed E-state index contributed by atoms with van der Waals surface area (Å²) in [4.78, 5) is 12.8. The van der Waals surface area contributed by atoms with Crippen molar-refractivity contribution < 1.29 is 14.3 Å². The summed E-state index contributed by atoms with van der Waals surface area (Å²) >= 11 is 0. The van der Waals surface area contributed by atoms with E-state index in [-0.39, 0.29) is 11.7 Å². The zero-order chi connectivity index (χ0) is 31.2. The van der Waals surface area contributed by atoms with Gasteiger partial charge in [0.2, 0.25) is 0 Å². The second-order valence-corrected chi connectivity index (χ2v) is 12.9. The monoisotopic (exact) mass is 600 g/mol. The minimum absolute atomic E-state index is 0.0803. The number of unbranched alkanes of at least 4 members (excludes halogenated alkanes) is 15. The second kappa shape index (κ2) is 21.8. The number of hydrogen-bond donors (Lipinski definition) is 0. The highest BCUT2D eigenvalue weighted by atomic mass is 16.5. The topological polar surface area (TPSA) is 35.5 Å². The predicted molar refractivity (Wildman–Crippen MR) is 188 cm³/mol. The van der Waals surface area contributed by atoms with Crippen molar-refractivity contribution in [1.82, 2.24) is 0 Å². The Hall–Kier alpha value is -2.81. The normalized spacial score (nSPS) is 12.0. The molecule has 242 valence electrons. The van der Waals surface area contributed by atoms with E-state index in [1.807, 2.05) is 30.3 Å². The molecular weight excluding hydrogens is 540 g/mol. The fraction of sp³-hybridized carbons (Fsp3) is 0.585. The molecule has 0 saturated carbocycles. The summed E-state index contributed by atoms with van der Waals surface area (Å²) < 4.78 is 12.2. The molecule has 3 rings (SSSR count). The molecule has 3 heteroatoms. The van der Waals surface area contributed by atoms with E-state index in [9.17, 15) is 4.79 Å². The van der Waals surface area contributed by atoms with Crippen molar-refractivity contribution in [2.24, 2.45) is 5.92 Å². The van der Waals surface area contributed by atoms with Crippen molar-refractivity contribution in [3.8, 4) is 11.5 Å². The molecule has 0 aliphatic heterocycles. The molecule has 0 radical (unpaired) electrons. The Morgan fingerprint density at radius 3 is 1.59 bits per heavy atom.